The highest BCUT2D eigenvalue weighted by Gasteiger charge is 2.33. The van der Waals surface area contributed by atoms with Crippen molar-refractivity contribution in [2.24, 2.45) is 0 Å². The Kier molecular flexibility index (Phi) is 6.71. The Morgan fingerprint density at radius 2 is 1.58 bits per heavy atom. The van der Waals surface area contributed by atoms with Crippen molar-refractivity contribution >= 4 is 35.2 Å². The summed E-state index contributed by atoms with van der Waals surface area (Å²) in [7, 11) is 4.84. The molecule has 33 heavy (non-hydrogen) atoms. The molecule has 1 atom stereocenters. The summed E-state index contributed by atoms with van der Waals surface area (Å²) in [4.78, 5) is 54.1. The highest BCUT2D eigenvalue weighted by atomic mass is 16.4. The molecule has 0 radical (unpaired) electrons. The molecule has 2 aromatic rings. The van der Waals surface area contributed by atoms with E-state index in [0.29, 0.717) is 16.9 Å². The van der Waals surface area contributed by atoms with Crippen LogP contribution in [0.4, 0.5) is 16.2 Å². The number of likely N-dealkylation sites (N-methyl/N-ethyl adjacent to an activating group) is 2. The molecule has 0 saturated carbocycles. The van der Waals surface area contributed by atoms with Gasteiger partial charge in [-0.3, -0.25) is 19.3 Å². The van der Waals surface area contributed by atoms with Crippen LogP contribution in [-0.2, 0) is 9.59 Å². The number of hydrogen-bond acceptors (Lipinski definition) is 4. The van der Waals surface area contributed by atoms with Crippen LogP contribution in [0.25, 0.3) is 11.1 Å². The Labute approximate surface area is 192 Å². The van der Waals surface area contributed by atoms with Crippen molar-refractivity contribution in [3.8, 4) is 11.1 Å². The number of fused-ring (bicyclic) bond motifs is 1. The number of rotatable bonds is 4. The minimum absolute atomic E-state index is 0.0193. The minimum Gasteiger partial charge on any atom is -0.465 e. The molecule has 4 amide bonds. The van der Waals surface area contributed by atoms with Crippen LogP contribution in [0.1, 0.15) is 24.2 Å². The first-order chi connectivity index (χ1) is 15.5. The number of anilines is 2. The normalized spacial score (nSPS) is 15.0. The topological polar surface area (TPSA) is 101 Å². The minimum atomic E-state index is -1.08. The van der Waals surface area contributed by atoms with Crippen molar-refractivity contribution in [2.45, 2.75) is 19.9 Å². The highest BCUT2D eigenvalue weighted by molar-refractivity contribution is 6.03. The van der Waals surface area contributed by atoms with E-state index in [-0.39, 0.29) is 36.9 Å². The molecule has 2 aromatic carbocycles. The van der Waals surface area contributed by atoms with Gasteiger partial charge in [0.1, 0.15) is 0 Å². The van der Waals surface area contributed by atoms with E-state index in [2.05, 4.69) is 0 Å². The van der Waals surface area contributed by atoms with Gasteiger partial charge in [0.15, 0.2) is 0 Å². The average molecular weight is 453 g/mol. The number of carbonyl (C=O) groups is 4. The van der Waals surface area contributed by atoms with Gasteiger partial charge in [-0.25, -0.2) is 4.79 Å². The van der Waals surface area contributed by atoms with Crippen molar-refractivity contribution in [3.05, 3.63) is 48.0 Å². The SMILES string of the molecule is CC(=O)N1c2ccc(-c3ccc(C(=O)N(C)CC(=O)N(C)C)cc3)cc2N(C(=O)O)C[C@@H]1C. The molecule has 9 heteroatoms. The summed E-state index contributed by atoms with van der Waals surface area (Å²) in [5.74, 6) is -0.597. The maximum Gasteiger partial charge on any atom is 0.411 e. The van der Waals surface area contributed by atoms with Gasteiger partial charge < -0.3 is 19.8 Å². The summed E-state index contributed by atoms with van der Waals surface area (Å²) < 4.78 is 0. The zero-order valence-electron chi connectivity index (χ0n) is 19.4. The quantitative estimate of drug-likeness (QED) is 0.769. The molecule has 1 heterocycles. The van der Waals surface area contributed by atoms with Crippen LogP contribution in [0.3, 0.4) is 0 Å². The van der Waals surface area contributed by atoms with Crippen LogP contribution in [0.2, 0.25) is 0 Å². The monoisotopic (exact) mass is 452 g/mol. The average Bonchev–Trinajstić information content (AvgIpc) is 2.77. The van der Waals surface area contributed by atoms with Gasteiger partial charge in [-0.1, -0.05) is 18.2 Å². The second-order valence-electron chi connectivity index (χ2n) is 8.36. The summed E-state index contributed by atoms with van der Waals surface area (Å²) >= 11 is 0. The van der Waals surface area contributed by atoms with Crippen LogP contribution < -0.4 is 9.80 Å². The van der Waals surface area contributed by atoms with E-state index in [1.165, 1.54) is 21.6 Å². The molecule has 0 bridgehead atoms. The number of hydrogen-bond donors (Lipinski definition) is 1. The summed E-state index contributed by atoms with van der Waals surface area (Å²) in [5, 5.41) is 9.69. The largest absolute Gasteiger partial charge is 0.465 e. The zero-order valence-corrected chi connectivity index (χ0v) is 19.4. The lowest BCUT2D eigenvalue weighted by molar-refractivity contribution is -0.129. The Hall–Kier alpha value is -3.88. The molecule has 9 nitrogen and oxygen atoms in total. The molecule has 0 fully saturated rings. The first-order valence-corrected chi connectivity index (χ1v) is 10.5. The maximum absolute atomic E-state index is 12.6. The highest BCUT2D eigenvalue weighted by Crippen LogP contribution is 2.39. The van der Waals surface area contributed by atoms with Gasteiger partial charge in [-0.15, -0.1) is 0 Å². The molecular formula is C24H28N4O5. The molecule has 1 aliphatic heterocycles. The van der Waals surface area contributed by atoms with Crippen LogP contribution >= 0.6 is 0 Å². The number of amides is 4. The standard InChI is InChI=1S/C24H28N4O5/c1-15-13-27(24(32)33)21-12-19(10-11-20(21)28(15)16(2)29)17-6-8-18(9-7-17)23(31)26(5)14-22(30)25(3)4/h6-12,15H,13-14H2,1-5H3,(H,32,33)/t15-/m0/s1. The molecular weight excluding hydrogens is 424 g/mol. The van der Waals surface area contributed by atoms with E-state index < -0.39 is 6.09 Å². The molecule has 1 aliphatic rings. The third kappa shape index (κ3) is 4.82. The number of carbonyl (C=O) groups excluding carboxylic acids is 3. The van der Waals surface area contributed by atoms with E-state index >= 15 is 0 Å². The van der Waals surface area contributed by atoms with Crippen LogP contribution in [0.15, 0.2) is 42.5 Å². The fourth-order valence-corrected chi connectivity index (χ4v) is 3.91. The fourth-order valence-electron chi connectivity index (χ4n) is 3.91. The molecule has 0 unspecified atom stereocenters. The summed E-state index contributed by atoms with van der Waals surface area (Å²) in [6.45, 7) is 3.43. The zero-order chi connectivity index (χ0) is 24.4. The maximum atomic E-state index is 12.6. The van der Waals surface area contributed by atoms with Gasteiger partial charge in [0.2, 0.25) is 11.8 Å². The molecule has 0 aliphatic carbocycles. The van der Waals surface area contributed by atoms with Crippen LogP contribution in [0, 0.1) is 0 Å². The smallest absolute Gasteiger partial charge is 0.411 e. The molecule has 174 valence electrons. The van der Waals surface area contributed by atoms with Gasteiger partial charge in [0.25, 0.3) is 5.91 Å². The summed E-state index contributed by atoms with van der Waals surface area (Å²) in [6, 6.07) is 11.9. The van der Waals surface area contributed by atoms with Crippen molar-refractivity contribution in [2.75, 3.05) is 44.0 Å². The van der Waals surface area contributed by atoms with Gasteiger partial charge in [-0.2, -0.15) is 0 Å². The Morgan fingerprint density at radius 1 is 0.970 bits per heavy atom. The summed E-state index contributed by atoms with van der Waals surface area (Å²) in [5.41, 5.74) is 2.98. The molecule has 0 saturated heterocycles. The molecule has 0 aromatic heterocycles. The molecule has 3 rings (SSSR count). The predicted octanol–water partition coefficient (Wildman–Crippen LogP) is 2.75. The molecule has 1 N–H and O–H groups in total. The van der Waals surface area contributed by atoms with E-state index in [0.717, 1.165) is 11.1 Å². The number of carboxylic acid groups (broad SMARTS) is 1. The van der Waals surface area contributed by atoms with Crippen LogP contribution in [-0.4, -0.2) is 79.0 Å². The second-order valence-corrected chi connectivity index (χ2v) is 8.36. The Morgan fingerprint density at radius 3 is 2.12 bits per heavy atom. The third-order valence-corrected chi connectivity index (χ3v) is 5.67. The van der Waals surface area contributed by atoms with Gasteiger partial charge in [0.05, 0.1) is 24.0 Å². The lowest BCUT2D eigenvalue weighted by atomic mass is 9.99. The Balaban J connectivity index is 1.90. The second kappa shape index (κ2) is 9.32. The van der Waals surface area contributed by atoms with Crippen LogP contribution in [0.5, 0.6) is 0 Å². The number of nitrogens with zero attached hydrogens (tertiary/aromatic N) is 4. The van der Waals surface area contributed by atoms with Crippen molar-refractivity contribution in [3.63, 3.8) is 0 Å². The summed E-state index contributed by atoms with van der Waals surface area (Å²) in [6.07, 6.45) is -1.08. The van der Waals surface area contributed by atoms with Gasteiger partial charge >= 0.3 is 6.09 Å². The van der Waals surface area contributed by atoms with E-state index in [1.54, 1.807) is 62.4 Å². The van der Waals surface area contributed by atoms with Gasteiger partial charge in [-0.05, 0) is 42.3 Å². The van der Waals surface area contributed by atoms with Gasteiger partial charge in [0, 0.05) is 40.2 Å². The first kappa shape index (κ1) is 23.8. The third-order valence-electron chi connectivity index (χ3n) is 5.67. The van der Waals surface area contributed by atoms with Crippen molar-refractivity contribution < 1.29 is 24.3 Å². The lowest BCUT2D eigenvalue weighted by Gasteiger charge is -2.39. The van der Waals surface area contributed by atoms with E-state index in [1.807, 2.05) is 13.0 Å². The fraction of sp³-hybridized carbons (Fsp3) is 0.333. The lowest BCUT2D eigenvalue weighted by Crippen LogP contribution is -2.51. The molecule has 0 spiro atoms. The van der Waals surface area contributed by atoms with Crippen molar-refractivity contribution in [1.82, 2.24) is 9.80 Å². The van der Waals surface area contributed by atoms with E-state index in [9.17, 15) is 24.3 Å². The van der Waals surface area contributed by atoms with E-state index in [4.69, 9.17) is 0 Å². The predicted molar refractivity (Wildman–Crippen MR) is 126 cm³/mol. The van der Waals surface area contributed by atoms with Crippen molar-refractivity contribution in [1.29, 1.82) is 0 Å². The Bertz CT molecular complexity index is 1100. The number of benzene rings is 2. The first-order valence-electron chi connectivity index (χ1n) is 10.5.